The summed E-state index contributed by atoms with van der Waals surface area (Å²) in [6.45, 7) is 2.08. The number of rotatable bonds is 1. The molecule has 2 rings (SSSR count). The molecule has 0 fully saturated rings. The summed E-state index contributed by atoms with van der Waals surface area (Å²) in [5.41, 5.74) is 1.24. The fourth-order valence-corrected chi connectivity index (χ4v) is 2.54. The van der Waals surface area contributed by atoms with Gasteiger partial charge in [-0.3, -0.25) is 0 Å². The number of hydrogen-bond acceptors (Lipinski definition) is 2. The van der Waals surface area contributed by atoms with Crippen LogP contribution in [0.5, 0.6) is 5.06 Å². The number of ether oxygens (including phenoxy) is 1. The predicted molar refractivity (Wildman–Crippen MR) is 58.1 cm³/mol. The lowest BCUT2D eigenvalue weighted by Gasteiger charge is -1.95. The smallest absolute Gasteiger partial charge is 0.174 e. The maximum atomic E-state index is 6.05. The lowest BCUT2D eigenvalue weighted by molar-refractivity contribution is 0.427. The minimum Gasteiger partial charge on any atom is -0.487 e. The van der Waals surface area contributed by atoms with Crippen LogP contribution in [0.15, 0.2) is 18.2 Å². The molecule has 0 saturated carbocycles. The van der Waals surface area contributed by atoms with E-state index in [4.69, 9.17) is 16.3 Å². The molecule has 3 heteroatoms. The third-order valence-electron chi connectivity index (χ3n) is 2.01. The average molecular weight is 213 g/mol. The van der Waals surface area contributed by atoms with E-state index in [1.54, 1.807) is 18.4 Å². The topological polar surface area (TPSA) is 9.23 Å². The molecule has 0 aliphatic rings. The Morgan fingerprint density at radius 3 is 2.77 bits per heavy atom. The summed E-state index contributed by atoms with van der Waals surface area (Å²) < 4.78 is 6.38. The highest BCUT2D eigenvalue weighted by atomic mass is 35.5. The van der Waals surface area contributed by atoms with E-state index < -0.39 is 0 Å². The summed E-state index contributed by atoms with van der Waals surface area (Å²) in [5.74, 6) is 0. The molecule has 0 N–H and O–H groups in total. The number of hydrogen-bond donors (Lipinski definition) is 0. The molecule has 68 valence electrons. The Labute approximate surface area is 85.9 Å². The van der Waals surface area contributed by atoms with Crippen LogP contribution in [0.3, 0.4) is 0 Å². The largest absolute Gasteiger partial charge is 0.487 e. The number of methoxy groups -OCH3 is 1. The van der Waals surface area contributed by atoms with Gasteiger partial charge < -0.3 is 4.74 Å². The van der Waals surface area contributed by atoms with Crippen LogP contribution in [0.2, 0.25) is 5.02 Å². The van der Waals surface area contributed by atoms with Crippen LogP contribution in [0.4, 0.5) is 0 Å². The molecule has 1 nitrogen and oxygen atoms in total. The van der Waals surface area contributed by atoms with E-state index >= 15 is 0 Å². The molecule has 0 aliphatic carbocycles. The van der Waals surface area contributed by atoms with Crippen molar-refractivity contribution in [3.63, 3.8) is 0 Å². The van der Waals surface area contributed by atoms with Crippen LogP contribution in [-0.2, 0) is 0 Å². The van der Waals surface area contributed by atoms with Crippen molar-refractivity contribution in [2.75, 3.05) is 7.11 Å². The van der Waals surface area contributed by atoms with Gasteiger partial charge in [-0.15, -0.1) is 0 Å². The Morgan fingerprint density at radius 2 is 2.15 bits per heavy atom. The van der Waals surface area contributed by atoms with Crippen molar-refractivity contribution in [3.8, 4) is 5.06 Å². The van der Waals surface area contributed by atoms with Crippen molar-refractivity contribution >= 4 is 33.0 Å². The molecule has 1 heterocycles. The first-order valence-corrected chi connectivity index (χ1v) is 5.14. The highest BCUT2D eigenvalue weighted by Crippen LogP contribution is 2.37. The molecule has 2 aromatic rings. The van der Waals surface area contributed by atoms with Gasteiger partial charge in [-0.25, -0.2) is 0 Å². The summed E-state index contributed by atoms with van der Waals surface area (Å²) >= 11 is 7.68. The maximum absolute atomic E-state index is 6.05. The average Bonchev–Trinajstić information content (AvgIpc) is 2.56. The van der Waals surface area contributed by atoms with Crippen molar-refractivity contribution < 1.29 is 4.74 Å². The lowest BCUT2D eigenvalue weighted by atomic mass is 10.2. The van der Waals surface area contributed by atoms with Gasteiger partial charge in [0.25, 0.3) is 0 Å². The molecule has 0 bridgehead atoms. The molecule has 0 unspecified atom stereocenters. The van der Waals surface area contributed by atoms with E-state index in [-0.39, 0.29) is 0 Å². The van der Waals surface area contributed by atoms with Crippen LogP contribution >= 0.6 is 22.9 Å². The van der Waals surface area contributed by atoms with Crippen LogP contribution in [0.25, 0.3) is 10.1 Å². The van der Waals surface area contributed by atoms with Gasteiger partial charge in [0.1, 0.15) is 0 Å². The third kappa shape index (κ3) is 1.40. The van der Waals surface area contributed by atoms with E-state index in [1.165, 1.54) is 10.3 Å². The first-order chi connectivity index (χ1) is 6.22. The van der Waals surface area contributed by atoms with Crippen LogP contribution in [-0.4, -0.2) is 7.11 Å². The number of thiophene rings is 1. The van der Waals surface area contributed by atoms with Crippen LogP contribution < -0.4 is 4.74 Å². The highest BCUT2D eigenvalue weighted by molar-refractivity contribution is 7.21. The molecule has 13 heavy (non-hydrogen) atoms. The number of aryl methyl sites for hydroxylation is 1. The second-order valence-electron chi connectivity index (χ2n) is 2.88. The summed E-state index contributed by atoms with van der Waals surface area (Å²) in [7, 11) is 1.67. The lowest BCUT2D eigenvalue weighted by Crippen LogP contribution is -1.73. The van der Waals surface area contributed by atoms with Crippen LogP contribution in [0, 0.1) is 6.92 Å². The van der Waals surface area contributed by atoms with Gasteiger partial charge in [0, 0.05) is 21.2 Å². The van der Waals surface area contributed by atoms with Gasteiger partial charge in [0.05, 0.1) is 7.11 Å². The van der Waals surface area contributed by atoms with Crippen molar-refractivity contribution in [1.82, 2.24) is 0 Å². The first-order valence-electron chi connectivity index (χ1n) is 3.95. The Morgan fingerprint density at radius 1 is 1.38 bits per heavy atom. The number of halogens is 1. The van der Waals surface area contributed by atoms with Gasteiger partial charge in [-0.2, -0.15) is 0 Å². The second kappa shape index (κ2) is 3.20. The summed E-state index contributed by atoms with van der Waals surface area (Å²) in [6, 6.07) is 5.93. The quantitative estimate of drug-likeness (QED) is 0.697. The maximum Gasteiger partial charge on any atom is 0.174 e. The molecule has 1 aromatic heterocycles. The zero-order valence-electron chi connectivity index (χ0n) is 7.43. The molecular weight excluding hydrogens is 204 g/mol. The highest BCUT2D eigenvalue weighted by Gasteiger charge is 2.06. The minimum atomic E-state index is 0.792. The number of benzene rings is 1. The second-order valence-corrected chi connectivity index (χ2v) is 4.30. The molecule has 0 radical (unpaired) electrons. The van der Waals surface area contributed by atoms with E-state index in [1.807, 2.05) is 18.2 Å². The molecule has 0 amide bonds. The van der Waals surface area contributed by atoms with Crippen molar-refractivity contribution in [1.29, 1.82) is 0 Å². The SMILES string of the molecule is COc1cc2c(Cl)ccc(C)c2s1. The Hall–Kier alpha value is -0.730. The zero-order chi connectivity index (χ0) is 9.42. The van der Waals surface area contributed by atoms with E-state index in [0.29, 0.717) is 0 Å². The number of fused-ring (bicyclic) bond motifs is 1. The first kappa shape index (κ1) is 8.85. The normalized spacial score (nSPS) is 10.7. The van der Waals surface area contributed by atoms with Crippen LogP contribution in [0.1, 0.15) is 5.56 Å². The zero-order valence-corrected chi connectivity index (χ0v) is 9.00. The van der Waals surface area contributed by atoms with Gasteiger partial charge in [0.2, 0.25) is 0 Å². The fourth-order valence-electron chi connectivity index (χ4n) is 1.30. The van der Waals surface area contributed by atoms with E-state index in [9.17, 15) is 0 Å². The third-order valence-corrected chi connectivity index (χ3v) is 3.57. The Balaban J connectivity index is 2.80. The molecule has 0 spiro atoms. The monoisotopic (exact) mass is 212 g/mol. The van der Waals surface area contributed by atoms with Gasteiger partial charge in [-0.1, -0.05) is 29.0 Å². The Bertz CT molecular complexity index is 408. The van der Waals surface area contributed by atoms with Gasteiger partial charge >= 0.3 is 0 Å². The summed E-state index contributed by atoms with van der Waals surface area (Å²) in [6.07, 6.45) is 0. The van der Waals surface area contributed by atoms with Gasteiger partial charge in [-0.05, 0) is 18.6 Å². The predicted octanol–water partition coefficient (Wildman–Crippen LogP) is 3.87. The molecule has 0 atom stereocenters. The van der Waals surface area contributed by atoms with E-state index in [2.05, 4.69) is 6.92 Å². The summed E-state index contributed by atoms with van der Waals surface area (Å²) in [5, 5.41) is 2.79. The van der Waals surface area contributed by atoms with Crippen molar-refractivity contribution in [2.24, 2.45) is 0 Å². The van der Waals surface area contributed by atoms with Crippen molar-refractivity contribution in [3.05, 3.63) is 28.8 Å². The summed E-state index contributed by atoms with van der Waals surface area (Å²) in [4.78, 5) is 0. The molecule has 1 aromatic carbocycles. The fraction of sp³-hybridized carbons (Fsp3) is 0.200. The Kier molecular flexibility index (Phi) is 2.18. The molecule has 0 saturated heterocycles. The standard InChI is InChI=1S/C10H9ClOS/c1-6-3-4-8(11)7-5-9(12-2)13-10(6)7/h3-5H,1-2H3. The van der Waals surface area contributed by atoms with Crippen molar-refractivity contribution in [2.45, 2.75) is 6.92 Å². The van der Waals surface area contributed by atoms with E-state index in [0.717, 1.165) is 15.5 Å². The minimum absolute atomic E-state index is 0.792. The van der Waals surface area contributed by atoms with Gasteiger partial charge in [0.15, 0.2) is 5.06 Å². The molecular formula is C10H9ClOS. The molecule has 0 aliphatic heterocycles.